The number of halogens is 1. The molecule has 2 aliphatic rings. The summed E-state index contributed by atoms with van der Waals surface area (Å²) in [6.07, 6.45) is -0.699. The Balaban J connectivity index is 2.07. The monoisotopic (exact) mass is 252 g/mol. The highest BCUT2D eigenvalue weighted by atomic mass is 79.9. The number of hydrogen-bond donors (Lipinski definition) is 1. The van der Waals surface area contributed by atoms with Crippen LogP contribution in [-0.2, 0) is 14.2 Å². The summed E-state index contributed by atoms with van der Waals surface area (Å²) in [7, 11) is 0. The predicted octanol–water partition coefficient (Wildman–Crippen LogP) is 0.619. The van der Waals surface area contributed by atoms with Crippen LogP contribution in [-0.4, -0.2) is 40.8 Å². The maximum absolute atomic E-state index is 8.96. The molecule has 4 nitrogen and oxygen atoms in total. The fourth-order valence-electron chi connectivity index (χ4n) is 1.68. The second kappa shape index (κ2) is 3.17. The standard InChI is InChI=1S/C8H13BrO4/c1-8(2)12-6-5(9)4(3-10)11-7(6)13-8/h4-7,10H,3H2,1-2H3/t4-,5+,6-,7-/m1/s1. The minimum Gasteiger partial charge on any atom is -0.394 e. The number of aliphatic hydroxyl groups excluding tert-OH is 1. The quantitative estimate of drug-likeness (QED) is 0.696. The van der Waals surface area contributed by atoms with Crippen LogP contribution in [0, 0.1) is 0 Å². The predicted molar refractivity (Wildman–Crippen MR) is 48.5 cm³/mol. The Kier molecular flexibility index (Phi) is 2.40. The lowest BCUT2D eigenvalue weighted by Crippen LogP contribution is -2.32. The molecule has 4 atom stereocenters. The third-order valence-electron chi connectivity index (χ3n) is 2.25. The van der Waals surface area contributed by atoms with Crippen LogP contribution in [0.1, 0.15) is 13.8 Å². The number of rotatable bonds is 1. The lowest BCUT2D eigenvalue weighted by atomic mass is 10.2. The molecule has 0 unspecified atom stereocenters. The zero-order chi connectivity index (χ0) is 9.64. The summed E-state index contributed by atoms with van der Waals surface area (Å²) < 4.78 is 16.5. The third kappa shape index (κ3) is 1.64. The molecule has 2 heterocycles. The number of hydrogen-bond acceptors (Lipinski definition) is 4. The highest BCUT2D eigenvalue weighted by molar-refractivity contribution is 9.09. The molecule has 0 radical (unpaired) electrons. The minimum absolute atomic E-state index is 0.00396. The van der Waals surface area contributed by atoms with Gasteiger partial charge in [-0.3, -0.25) is 0 Å². The lowest BCUT2D eigenvalue weighted by molar-refractivity contribution is -0.206. The van der Waals surface area contributed by atoms with Crippen LogP contribution in [0.3, 0.4) is 0 Å². The van der Waals surface area contributed by atoms with Gasteiger partial charge in [0.05, 0.1) is 17.5 Å². The Morgan fingerprint density at radius 1 is 1.38 bits per heavy atom. The van der Waals surface area contributed by atoms with E-state index in [1.165, 1.54) is 0 Å². The Bertz CT molecular complexity index is 208. The molecule has 0 saturated carbocycles. The maximum atomic E-state index is 8.96. The first-order valence-corrected chi connectivity index (χ1v) is 5.21. The van der Waals surface area contributed by atoms with E-state index in [1.54, 1.807) is 0 Å². The summed E-state index contributed by atoms with van der Waals surface area (Å²) in [5, 5.41) is 8.96. The highest BCUT2D eigenvalue weighted by Gasteiger charge is 2.53. The van der Waals surface area contributed by atoms with E-state index >= 15 is 0 Å². The van der Waals surface area contributed by atoms with Gasteiger partial charge in [-0.1, -0.05) is 15.9 Å². The van der Waals surface area contributed by atoms with E-state index in [9.17, 15) is 0 Å². The first kappa shape index (κ1) is 9.86. The van der Waals surface area contributed by atoms with Crippen molar-refractivity contribution in [2.75, 3.05) is 6.61 Å². The molecular formula is C8H13BrO4. The van der Waals surface area contributed by atoms with Crippen molar-refractivity contribution in [2.24, 2.45) is 0 Å². The number of aliphatic hydroxyl groups is 1. The van der Waals surface area contributed by atoms with Gasteiger partial charge < -0.3 is 19.3 Å². The van der Waals surface area contributed by atoms with Crippen LogP contribution in [0.5, 0.6) is 0 Å². The molecule has 0 aliphatic carbocycles. The number of alkyl halides is 1. The van der Waals surface area contributed by atoms with Crippen LogP contribution in [0.15, 0.2) is 0 Å². The van der Waals surface area contributed by atoms with E-state index in [-0.39, 0.29) is 29.9 Å². The molecule has 0 amide bonds. The molecule has 13 heavy (non-hydrogen) atoms. The van der Waals surface area contributed by atoms with Gasteiger partial charge in [-0.15, -0.1) is 0 Å². The molecule has 2 rings (SSSR count). The molecule has 0 aromatic heterocycles. The fraction of sp³-hybridized carbons (Fsp3) is 1.00. The van der Waals surface area contributed by atoms with Gasteiger partial charge in [-0.2, -0.15) is 0 Å². The Morgan fingerprint density at radius 3 is 2.62 bits per heavy atom. The second-order valence-electron chi connectivity index (χ2n) is 3.77. The Morgan fingerprint density at radius 2 is 2.08 bits per heavy atom. The highest BCUT2D eigenvalue weighted by Crippen LogP contribution is 2.40. The SMILES string of the molecule is CC1(C)O[C@H]2O[C@H](CO)[C@H](Br)[C@H]2O1. The summed E-state index contributed by atoms with van der Waals surface area (Å²) in [5.74, 6) is -0.582. The van der Waals surface area contributed by atoms with Gasteiger partial charge in [0.2, 0.25) is 0 Å². The summed E-state index contributed by atoms with van der Waals surface area (Å²) in [5.41, 5.74) is 0. The van der Waals surface area contributed by atoms with E-state index in [1.807, 2.05) is 13.8 Å². The summed E-state index contributed by atoms with van der Waals surface area (Å²) in [4.78, 5) is 0.00396. The van der Waals surface area contributed by atoms with Crippen LogP contribution < -0.4 is 0 Å². The van der Waals surface area contributed by atoms with Gasteiger partial charge in [0.15, 0.2) is 12.1 Å². The van der Waals surface area contributed by atoms with Crippen molar-refractivity contribution < 1.29 is 19.3 Å². The van der Waals surface area contributed by atoms with Crippen LogP contribution >= 0.6 is 15.9 Å². The van der Waals surface area contributed by atoms with Crippen LogP contribution in [0.2, 0.25) is 0 Å². The first-order valence-electron chi connectivity index (χ1n) is 4.29. The molecule has 76 valence electrons. The molecule has 0 aromatic rings. The molecule has 1 N–H and O–H groups in total. The zero-order valence-corrected chi connectivity index (χ0v) is 9.15. The maximum Gasteiger partial charge on any atom is 0.188 e. The van der Waals surface area contributed by atoms with Crippen molar-refractivity contribution in [2.45, 2.75) is 43.0 Å². The molecule has 5 heteroatoms. The average molecular weight is 253 g/mol. The molecular weight excluding hydrogens is 240 g/mol. The van der Waals surface area contributed by atoms with Crippen molar-refractivity contribution in [3.63, 3.8) is 0 Å². The first-order chi connectivity index (χ1) is 6.03. The molecule has 2 aliphatic heterocycles. The summed E-state index contributed by atoms with van der Waals surface area (Å²) >= 11 is 3.43. The molecule has 2 fully saturated rings. The minimum atomic E-state index is -0.582. The van der Waals surface area contributed by atoms with Gasteiger partial charge in [-0.25, -0.2) is 0 Å². The van der Waals surface area contributed by atoms with Gasteiger partial charge in [0.25, 0.3) is 0 Å². The average Bonchev–Trinajstić information content (AvgIpc) is 2.47. The topological polar surface area (TPSA) is 47.9 Å². The zero-order valence-electron chi connectivity index (χ0n) is 7.57. The van der Waals surface area contributed by atoms with Crippen molar-refractivity contribution in [1.29, 1.82) is 0 Å². The van der Waals surface area contributed by atoms with Crippen molar-refractivity contribution in [3.05, 3.63) is 0 Å². The van der Waals surface area contributed by atoms with E-state index in [4.69, 9.17) is 19.3 Å². The lowest BCUT2D eigenvalue weighted by Gasteiger charge is -2.21. The van der Waals surface area contributed by atoms with Crippen molar-refractivity contribution in [1.82, 2.24) is 0 Å². The number of ether oxygens (including phenoxy) is 3. The second-order valence-corrected chi connectivity index (χ2v) is 4.83. The van der Waals surface area contributed by atoms with Crippen LogP contribution in [0.4, 0.5) is 0 Å². The summed E-state index contributed by atoms with van der Waals surface area (Å²) in [6, 6.07) is 0. The van der Waals surface area contributed by atoms with Crippen molar-refractivity contribution in [3.8, 4) is 0 Å². The van der Waals surface area contributed by atoms with Gasteiger partial charge in [0.1, 0.15) is 6.10 Å². The van der Waals surface area contributed by atoms with E-state index < -0.39 is 5.79 Å². The van der Waals surface area contributed by atoms with E-state index in [0.29, 0.717) is 0 Å². The molecule has 0 bridgehead atoms. The molecule has 0 spiro atoms. The van der Waals surface area contributed by atoms with E-state index in [2.05, 4.69) is 15.9 Å². The number of fused-ring (bicyclic) bond motifs is 1. The fourth-order valence-corrected chi connectivity index (χ4v) is 2.33. The molecule has 2 saturated heterocycles. The Hall–Kier alpha value is 0.320. The van der Waals surface area contributed by atoms with Crippen LogP contribution in [0.25, 0.3) is 0 Å². The van der Waals surface area contributed by atoms with Crippen molar-refractivity contribution >= 4 is 15.9 Å². The molecule has 0 aromatic carbocycles. The van der Waals surface area contributed by atoms with Gasteiger partial charge in [0, 0.05) is 0 Å². The van der Waals surface area contributed by atoms with Gasteiger partial charge >= 0.3 is 0 Å². The van der Waals surface area contributed by atoms with Gasteiger partial charge in [-0.05, 0) is 13.8 Å². The summed E-state index contributed by atoms with van der Waals surface area (Å²) in [6.45, 7) is 3.68. The van der Waals surface area contributed by atoms with E-state index in [0.717, 1.165) is 0 Å². The largest absolute Gasteiger partial charge is 0.394 e. The smallest absolute Gasteiger partial charge is 0.188 e. The Labute approximate surface area is 85.3 Å². The third-order valence-corrected chi connectivity index (χ3v) is 3.36. The normalized spacial score (nSPS) is 48.0.